The molecule has 1 rings (SSSR count). The van der Waals surface area contributed by atoms with Crippen LogP contribution in [0.3, 0.4) is 0 Å². The Labute approximate surface area is 105 Å². The van der Waals surface area contributed by atoms with Gasteiger partial charge in [0.25, 0.3) is 0 Å². The molecule has 0 atom stereocenters. The van der Waals surface area contributed by atoms with Gasteiger partial charge in [-0.25, -0.2) is 4.39 Å². The molecule has 0 aliphatic rings. The first kappa shape index (κ1) is 14.2. The van der Waals surface area contributed by atoms with Crippen molar-refractivity contribution in [3.63, 3.8) is 0 Å². The first-order valence-electron chi connectivity index (χ1n) is 5.71. The number of benzene rings is 1. The summed E-state index contributed by atoms with van der Waals surface area (Å²) in [5.41, 5.74) is 0.301. The number of nitrogens with zero attached hydrogens (tertiary/aromatic N) is 1. The number of halogens is 1. The molecule has 0 N–H and O–H groups in total. The van der Waals surface area contributed by atoms with Gasteiger partial charge in [0, 0.05) is 11.6 Å². The first-order chi connectivity index (χ1) is 8.50. The molecule has 0 aliphatic carbocycles. The average Bonchev–Trinajstić information content (AvgIpc) is 2.30. The molecule has 0 fully saturated rings. The first-order valence-corrected chi connectivity index (χ1v) is 5.71. The van der Waals surface area contributed by atoms with E-state index in [1.165, 1.54) is 18.2 Å². The molecule has 1 aromatic carbocycles. The topological polar surface area (TPSA) is 52.4 Å². The SMILES string of the molecule is CC(C)CC=C(OCc1ccccc1F)[N+](=O)[O-]. The Bertz CT molecular complexity index is 444. The van der Waals surface area contributed by atoms with Gasteiger partial charge in [-0.05, 0) is 18.4 Å². The maximum atomic E-state index is 13.3. The minimum absolute atomic E-state index is 0.141. The van der Waals surface area contributed by atoms with Crippen LogP contribution < -0.4 is 0 Å². The number of hydrogen-bond donors (Lipinski definition) is 0. The van der Waals surface area contributed by atoms with E-state index in [2.05, 4.69) is 0 Å². The summed E-state index contributed by atoms with van der Waals surface area (Å²) < 4.78 is 18.3. The fourth-order valence-corrected chi connectivity index (χ4v) is 1.29. The molecule has 0 bridgehead atoms. The van der Waals surface area contributed by atoms with E-state index in [4.69, 9.17) is 4.74 Å². The third-order valence-electron chi connectivity index (χ3n) is 2.28. The molecule has 0 aliphatic heterocycles. The molecule has 18 heavy (non-hydrogen) atoms. The summed E-state index contributed by atoms with van der Waals surface area (Å²) >= 11 is 0. The van der Waals surface area contributed by atoms with E-state index in [1.54, 1.807) is 12.1 Å². The van der Waals surface area contributed by atoms with E-state index in [0.29, 0.717) is 17.9 Å². The zero-order chi connectivity index (χ0) is 13.5. The summed E-state index contributed by atoms with van der Waals surface area (Å²) in [6.07, 6.45) is 1.97. The molecule has 1 aromatic rings. The summed E-state index contributed by atoms with van der Waals surface area (Å²) in [7, 11) is 0. The highest BCUT2D eigenvalue weighted by molar-refractivity contribution is 5.16. The van der Waals surface area contributed by atoms with E-state index in [1.807, 2.05) is 13.8 Å². The van der Waals surface area contributed by atoms with Gasteiger partial charge in [-0.1, -0.05) is 32.0 Å². The van der Waals surface area contributed by atoms with Crippen LogP contribution in [0.25, 0.3) is 0 Å². The summed E-state index contributed by atoms with van der Waals surface area (Å²) in [4.78, 5) is 10.1. The van der Waals surface area contributed by atoms with Gasteiger partial charge in [-0.3, -0.25) is 10.1 Å². The van der Waals surface area contributed by atoms with Crippen molar-refractivity contribution in [2.24, 2.45) is 5.92 Å². The van der Waals surface area contributed by atoms with Crippen LogP contribution in [0.2, 0.25) is 0 Å². The molecule has 0 unspecified atom stereocenters. The third kappa shape index (κ3) is 4.53. The number of allylic oxidation sites excluding steroid dienone is 1. The molecule has 0 amide bonds. The zero-order valence-corrected chi connectivity index (χ0v) is 10.4. The molecule has 0 spiro atoms. The molecule has 5 heteroatoms. The van der Waals surface area contributed by atoms with Crippen LogP contribution in [0.5, 0.6) is 0 Å². The van der Waals surface area contributed by atoms with Gasteiger partial charge in [-0.15, -0.1) is 0 Å². The van der Waals surface area contributed by atoms with Crippen LogP contribution >= 0.6 is 0 Å². The Kier molecular flexibility index (Phi) is 5.30. The number of hydrogen-bond acceptors (Lipinski definition) is 3. The van der Waals surface area contributed by atoms with Crippen molar-refractivity contribution in [1.29, 1.82) is 0 Å². The van der Waals surface area contributed by atoms with Crippen molar-refractivity contribution in [3.05, 3.63) is 57.7 Å². The van der Waals surface area contributed by atoms with Crippen molar-refractivity contribution >= 4 is 0 Å². The van der Waals surface area contributed by atoms with Crippen LogP contribution in [0.4, 0.5) is 4.39 Å². The van der Waals surface area contributed by atoms with Gasteiger partial charge in [0.15, 0.2) is 0 Å². The quantitative estimate of drug-likeness (QED) is 0.443. The minimum atomic E-state index is -0.594. The minimum Gasteiger partial charge on any atom is -0.436 e. The van der Waals surface area contributed by atoms with E-state index in [-0.39, 0.29) is 12.5 Å². The molecule has 0 heterocycles. The van der Waals surface area contributed by atoms with Crippen LogP contribution in [-0.4, -0.2) is 4.92 Å². The highest BCUT2D eigenvalue weighted by Gasteiger charge is 2.13. The normalized spacial score (nSPS) is 11.7. The Morgan fingerprint density at radius 3 is 2.72 bits per heavy atom. The second-order valence-electron chi connectivity index (χ2n) is 4.31. The van der Waals surface area contributed by atoms with Crippen molar-refractivity contribution in [2.75, 3.05) is 0 Å². The Hall–Kier alpha value is -1.91. The molecule has 4 nitrogen and oxygen atoms in total. The van der Waals surface area contributed by atoms with Crippen LogP contribution in [0.1, 0.15) is 25.8 Å². The summed E-state index contributed by atoms with van der Waals surface area (Å²) in [5, 5.41) is 10.7. The number of rotatable bonds is 6. The lowest BCUT2D eigenvalue weighted by molar-refractivity contribution is -0.465. The average molecular weight is 253 g/mol. The standard InChI is InChI=1S/C13H16FNO3/c1-10(2)7-8-13(15(16)17)18-9-11-5-3-4-6-12(11)14/h3-6,8,10H,7,9H2,1-2H3. The van der Waals surface area contributed by atoms with Gasteiger partial charge in [0.05, 0.1) is 0 Å². The van der Waals surface area contributed by atoms with Gasteiger partial charge in [0.1, 0.15) is 17.3 Å². The fourth-order valence-electron chi connectivity index (χ4n) is 1.29. The van der Waals surface area contributed by atoms with Crippen LogP contribution in [-0.2, 0) is 11.3 Å². The van der Waals surface area contributed by atoms with Gasteiger partial charge >= 0.3 is 5.88 Å². The van der Waals surface area contributed by atoms with Gasteiger partial charge < -0.3 is 4.74 Å². The zero-order valence-electron chi connectivity index (χ0n) is 10.4. The molecule has 0 saturated heterocycles. The Morgan fingerprint density at radius 1 is 1.50 bits per heavy atom. The van der Waals surface area contributed by atoms with Gasteiger partial charge in [0.2, 0.25) is 0 Å². The number of ether oxygens (including phenoxy) is 1. The lowest BCUT2D eigenvalue weighted by Crippen LogP contribution is -2.05. The lowest BCUT2D eigenvalue weighted by Gasteiger charge is -2.05. The lowest BCUT2D eigenvalue weighted by atomic mass is 10.1. The molecule has 0 aromatic heterocycles. The molecular weight excluding hydrogens is 237 g/mol. The Balaban J connectivity index is 2.66. The predicted octanol–water partition coefficient (Wildman–Crippen LogP) is 3.51. The molecule has 98 valence electrons. The largest absolute Gasteiger partial charge is 0.436 e. The van der Waals surface area contributed by atoms with E-state index in [9.17, 15) is 14.5 Å². The van der Waals surface area contributed by atoms with Crippen molar-refractivity contribution in [2.45, 2.75) is 26.9 Å². The third-order valence-corrected chi connectivity index (χ3v) is 2.28. The van der Waals surface area contributed by atoms with E-state index in [0.717, 1.165) is 0 Å². The van der Waals surface area contributed by atoms with Crippen molar-refractivity contribution < 1.29 is 14.1 Å². The second kappa shape index (κ2) is 6.74. The molecule has 0 radical (unpaired) electrons. The maximum Gasteiger partial charge on any atom is 0.424 e. The predicted molar refractivity (Wildman–Crippen MR) is 65.7 cm³/mol. The van der Waals surface area contributed by atoms with Crippen LogP contribution in [0.15, 0.2) is 36.2 Å². The smallest absolute Gasteiger partial charge is 0.424 e. The molecular formula is C13H16FNO3. The van der Waals surface area contributed by atoms with E-state index < -0.39 is 10.7 Å². The highest BCUT2D eigenvalue weighted by atomic mass is 19.1. The number of nitro groups is 1. The van der Waals surface area contributed by atoms with E-state index >= 15 is 0 Å². The summed E-state index contributed by atoms with van der Waals surface area (Å²) in [6.45, 7) is 3.76. The summed E-state index contributed by atoms with van der Waals surface area (Å²) in [5.74, 6) is -0.451. The maximum absolute atomic E-state index is 13.3. The van der Waals surface area contributed by atoms with Crippen LogP contribution in [0, 0.1) is 21.8 Å². The fraction of sp³-hybridized carbons (Fsp3) is 0.385. The van der Waals surface area contributed by atoms with Crippen molar-refractivity contribution in [1.82, 2.24) is 0 Å². The highest BCUT2D eigenvalue weighted by Crippen LogP contribution is 2.12. The van der Waals surface area contributed by atoms with Crippen molar-refractivity contribution in [3.8, 4) is 0 Å². The van der Waals surface area contributed by atoms with Gasteiger partial charge in [-0.2, -0.15) is 0 Å². The molecule has 0 saturated carbocycles. The second-order valence-corrected chi connectivity index (χ2v) is 4.31. The summed E-state index contributed by atoms with van der Waals surface area (Å²) in [6, 6.07) is 6.05. The monoisotopic (exact) mass is 253 g/mol. The Morgan fingerprint density at radius 2 is 2.17 bits per heavy atom.